The molecule has 2 heterocycles. The molecule has 0 atom stereocenters. The summed E-state index contributed by atoms with van der Waals surface area (Å²) in [4.78, 5) is 0. The van der Waals surface area contributed by atoms with Gasteiger partial charge in [0, 0.05) is 13.2 Å². The molecular weight excluding hydrogens is 275 g/mol. The molecular formula is C18H27BO3. The van der Waals surface area contributed by atoms with Crippen LogP contribution in [-0.2, 0) is 14.0 Å². The zero-order valence-electron chi connectivity index (χ0n) is 14.4. The second-order valence-electron chi connectivity index (χ2n) is 7.61. The molecule has 22 heavy (non-hydrogen) atoms. The second-order valence-corrected chi connectivity index (χ2v) is 7.61. The molecule has 120 valence electrons. The van der Waals surface area contributed by atoms with Crippen molar-refractivity contribution in [3.8, 4) is 0 Å². The van der Waals surface area contributed by atoms with Crippen LogP contribution >= 0.6 is 0 Å². The standard InChI is InChI=1S/C18H27BO3/c1-13-6-7-15(14-8-10-20-11-9-14)16(12-13)19-21-17(2,3)18(4,5)22-19/h6-7,12,14H,8-11H2,1-5H3. The molecule has 3 rings (SSSR count). The predicted molar refractivity (Wildman–Crippen MR) is 89.7 cm³/mol. The fraction of sp³-hybridized carbons (Fsp3) is 0.667. The first-order valence-corrected chi connectivity index (χ1v) is 8.34. The highest BCUT2D eigenvalue weighted by atomic mass is 16.7. The van der Waals surface area contributed by atoms with Gasteiger partial charge in [0.25, 0.3) is 0 Å². The molecule has 0 bridgehead atoms. The van der Waals surface area contributed by atoms with Gasteiger partial charge in [-0.1, -0.05) is 23.8 Å². The number of hydrogen-bond donors (Lipinski definition) is 0. The van der Waals surface area contributed by atoms with Crippen LogP contribution in [0.2, 0.25) is 0 Å². The molecule has 0 aromatic heterocycles. The summed E-state index contributed by atoms with van der Waals surface area (Å²) in [7, 11) is -0.275. The van der Waals surface area contributed by atoms with Crippen molar-refractivity contribution in [2.75, 3.05) is 13.2 Å². The van der Waals surface area contributed by atoms with E-state index in [9.17, 15) is 0 Å². The van der Waals surface area contributed by atoms with E-state index < -0.39 is 0 Å². The molecule has 1 aromatic carbocycles. The monoisotopic (exact) mass is 302 g/mol. The summed E-state index contributed by atoms with van der Waals surface area (Å²) in [6.07, 6.45) is 2.16. The molecule has 3 nitrogen and oxygen atoms in total. The molecule has 0 spiro atoms. The zero-order valence-corrected chi connectivity index (χ0v) is 14.4. The first kappa shape index (κ1) is 16.0. The Morgan fingerprint density at radius 2 is 1.59 bits per heavy atom. The summed E-state index contributed by atoms with van der Waals surface area (Å²) < 4.78 is 18.1. The van der Waals surface area contributed by atoms with Crippen molar-refractivity contribution in [1.29, 1.82) is 0 Å². The van der Waals surface area contributed by atoms with Gasteiger partial charge in [0.05, 0.1) is 11.2 Å². The van der Waals surface area contributed by atoms with Crippen molar-refractivity contribution < 1.29 is 14.0 Å². The summed E-state index contributed by atoms with van der Waals surface area (Å²) in [6.45, 7) is 12.3. The van der Waals surface area contributed by atoms with Crippen LogP contribution in [0.4, 0.5) is 0 Å². The van der Waals surface area contributed by atoms with Gasteiger partial charge < -0.3 is 14.0 Å². The van der Waals surface area contributed by atoms with Gasteiger partial charge in [0.2, 0.25) is 0 Å². The quantitative estimate of drug-likeness (QED) is 0.785. The summed E-state index contributed by atoms with van der Waals surface area (Å²) in [5.74, 6) is 0.545. The van der Waals surface area contributed by atoms with Crippen LogP contribution in [0.15, 0.2) is 18.2 Å². The summed E-state index contributed by atoms with van der Waals surface area (Å²) >= 11 is 0. The van der Waals surface area contributed by atoms with Crippen molar-refractivity contribution in [1.82, 2.24) is 0 Å². The number of hydrogen-bond acceptors (Lipinski definition) is 3. The van der Waals surface area contributed by atoms with Crippen molar-refractivity contribution in [3.05, 3.63) is 29.3 Å². The van der Waals surface area contributed by atoms with Crippen LogP contribution in [0.25, 0.3) is 0 Å². The minimum Gasteiger partial charge on any atom is -0.399 e. The fourth-order valence-electron chi connectivity index (χ4n) is 3.25. The minimum absolute atomic E-state index is 0.275. The Bertz CT molecular complexity index is 531. The van der Waals surface area contributed by atoms with Crippen LogP contribution in [0.5, 0.6) is 0 Å². The fourth-order valence-corrected chi connectivity index (χ4v) is 3.25. The SMILES string of the molecule is Cc1ccc(C2CCOCC2)c(B2OC(C)(C)C(C)(C)O2)c1. The summed E-state index contributed by atoms with van der Waals surface area (Å²) in [5, 5.41) is 0. The van der Waals surface area contributed by atoms with Gasteiger partial charge in [0.15, 0.2) is 0 Å². The first-order chi connectivity index (χ1) is 10.3. The Morgan fingerprint density at radius 1 is 1.00 bits per heavy atom. The van der Waals surface area contributed by atoms with E-state index in [1.807, 2.05) is 0 Å². The van der Waals surface area contributed by atoms with Crippen molar-refractivity contribution in [2.24, 2.45) is 0 Å². The molecule has 2 fully saturated rings. The molecule has 4 heteroatoms. The van der Waals surface area contributed by atoms with Crippen LogP contribution in [0, 0.1) is 6.92 Å². The van der Waals surface area contributed by atoms with E-state index in [-0.39, 0.29) is 18.3 Å². The lowest BCUT2D eigenvalue weighted by Gasteiger charge is -2.32. The van der Waals surface area contributed by atoms with Crippen LogP contribution in [0.3, 0.4) is 0 Å². The van der Waals surface area contributed by atoms with Gasteiger partial charge in [0.1, 0.15) is 0 Å². The number of rotatable bonds is 2. The largest absolute Gasteiger partial charge is 0.495 e. The van der Waals surface area contributed by atoms with Crippen molar-refractivity contribution in [3.63, 3.8) is 0 Å². The van der Waals surface area contributed by atoms with E-state index in [1.54, 1.807) is 0 Å². The van der Waals surface area contributed by atoms with E-state index in [0.717, 1.165) is 26.1 Å². The highest BCUT2D eigenvalue weighted by Crippen LogP contribution is 2.37. The molecule has 2 aliphatic rings. The maximum absolute atomic E-state index is 6.28. The molecule has 0 unspecified atom stereocenters. The first-order valence-electron chi connectivity index (χ1n) is 8.34. The van der Waals surface area contributed by atoms with Gasteiger partial charge >= 0.3 is 7.12 Å². The van der Waals surface area contributed by atoms with Gasteiger partial charge in [-0.15, -0.1) is 0 Å². The lowest BCUT2D eigenvalue weighted by molar-refractivity contribution is 0.00578. The van der Waals surface area contributed by atoms with E-state index in [2.05, 4.69) is 52.8 Å². The molecule has 0 radical (unpaired) electrons. The zero-order chi connectivity index (χ0) is 16.0. The number of ether oxygens (including phenoxy) is 1. The average molecular weight is 302 g/mol. The minimum atomic E-state index is -0.297. The number of benzene rings is 1. The van der Waals surface area contributed by atoms with Gasteiger partial charge in [-0.25, -0.2) is 0 Å². The lowest BCUT2D eigenvalue weighted by atomic mass is 9.71. The van der Waals surface area contributed by atoms with E-state index in [4.69, 9.17) is 14.0 Å². The molecule has 0 amide bonds. The third-order valence-corrected chi connectivity index (χ3v) is 5.41. The van der Waals surface area contributed by atoms with E-state index in [1.165, 1.54) is 16.6 Å². The highest BCUT2D eigenvalue weighted by Gasteiger charge is 2.52. The third-order valence-electron chi connectivity index (χ3n) is 5.41. The molecule has 0 saturated carbocycles. The Morgan fingerprint density at radius 3 is 2.18 bits per heavy atom. The highest BCUT2D eigenvalue weighted by molar-refractivity contribution is 6.62. The number of aryl methyl sites for hydroxylation is 1. The predicted octanol–water partition coefficient (Wildman–Crippen LogP) is 3.19. The van der Waals surface area contributed by atoms with Gasteiger partial charge in [-0.05, 0) is 64.4 Å². The van der Waals surface area contributed by atoms with Crippen molar-refractivity contribution >= 4 is 12.6 Å². The van der Waals surface area contributed by atoms with E-state index >= 15 is 0 Å². The third kappa shape index (κ3) is 2.84. The molecule has 2 saturated heterocycles. The normalized spacial score (nSPS) is 24.7. The maximum Gasteiger partial charge on any atom is 0.495 e. The second kappa shape index (κ2) is 5.66. The van der Waals surface area contributed by atoms with Gasteiger partial charge in [-0.3, -0.25) is 0 Å². The van der Waals surface area contributed by atoms with E-state index in [0.29, 0.717) is 5.92 Å². The van der Waals surface area contributed by atoms with Crippen LogP contribution in [0.1, 0.15) is 57.6 Å². The topological polar surface area (TPSA) is 27.7 Å². The van der Waals surface area contributed by atoms with Crippen LogP contribution < -0.4 is 5.46 Å². The molecule has 0 aliphatic carbocycles. The maximum atomic E-state index is 6.28. The Kier molecular flexibility index (Phi) is 4.13. The average Bonchev–Trinajstić information content (AvgIpc) is 2.68. The Balaban J connectivity index is 1.94. The Hall–Kier alpha value is -0.835. The van der Waals surface area contributed by atoms with Gasteiger partial charge in [-0.2, -0.15) is 0 Å². The lowest BCUT2D eigenvalue weighted by Crippen LogP contribution is -2.41. The Labute approximate surface area is 134 Å². The molecule has 2 aliphatic heterocycles. The summed E-state index contributed by atoms with van der Waals surface area (Å²) in [5.41, 5.74) is 3.22. The van der Waals surface area contributed by atoms with Crippen LogP contribution in [-0.4, -0.2) is 31.5 Å². The molecule has 1 aromatic rings. The summed E-state index contributed by atoms with van der Waals surface area (Å²) in [6, 6.07) is 6.68. The molecule has 0 N–H and O–H groups in total. The van der Waals surface area contributed by atoms with Crippen molar-refractivity contribution in [2.45, 2.75) is 64.6 Å². The smallest absolute Gasteiger partial charge is 0.399 e.